The SMILES string of the molecule is Cc1ccc(-n2c(SCCCn3c(=O)c4c(ncn4C)n(C)c3=O)nnc2-c2ccncc2)cc1. The van der Waals surface area contributed by atoms with E-state index < -0.39 is 0 Å². The minimum atomic E-state index is -0.367. The predicted molar refractivity (Wildman–Crippen MR) is 135 cm³/mol. The molecule has 4 aromatic heterocycles. The van der Waals surface area contributed by atoms with Crippen molar-refractivity contribution in [1.29, 1.82) is 0 Å². The molecule has 35 heavy (non-hydrogen) atoms. The van der Waals surface area contributed by atoms with Crippen LogP contribution in [0.5, 0.6) is 0 Å². The van der Waals surface area contributed by atoms with Crippen molar-refractivity contribution in [3.05, 3.63) is 81.5 Å². The molecule has 0 aliphatic heterocycles. The van der Waals surface area contributed by atoms with Gasteiger partial charge in [-0.25, -0.2) is 9.78 Å². The molecule has 0 spiro atoms. The second kappa shape index (κ2) is 9.34. The van der Waals surface area contributed by atoms with Crippen LogP contribution in [-0.2, 0) is 20.6 Å². The van der Waals surface area contributed by atoms with Crippen molar-refractivity contribution in [2.75, 3.05) is 5.75 Å². The summed E-state index contributed by atoms with van der Waals surface area (Å²) in [5.74, 6) is 1.38. The largest absolute Gasteiger partial charge is 0.332 e. The third-order valence-electron chi connectivity index (χ3n) is 5.82. The molecule has 10 nitrogen and oxygen atoms in total. The average Bonchev–Trinajstić information content (AvgIpc) is 3.47. The quantitative estimate of drug-likeness (QED) is 0.256. The number of aryl methyl sites for hydroxylation is 3. The first-order valence-corrected chi connectivity index (χ1v) is 12.1. The van der Waals surface area contributed by atoms with Crippen LogP contribution >= 0.6 is 11.8 Å². The first-order valence-electron chi connectivity index (χ1n) is 11.1. The van der Waals surface area contributed by atoms with Crippen LogP contribution in [0.1, 0.15) is 12.0 Å². The maximum Gasteiger partial charge on any atom is 0.332 e. The van der Waals surface area contributed by atoms with Gasteiger partial charge in [-0.15, -0.1) is 10.2 Å². The highest BCUT2D eigenvalue weighted by Gasteiger charge is 2.17. The number of imidazole rings is 1. The Bertz CT molecular complexity index is 1610. The third-order valence-corrected chi connectivity index (χ3v) is 6.84. The van der Waals surface area contributed by atoms with Crippen LogP contribution in [0.2, 0.25) is 0 Å². The third kappa shape index (κ3) is 4.18. The Morgan fingerprint density at radius 3 is 2.46 bits per heavy atom. The van der Waals surface area contributed by atoms with E-state index in [0.29, 0.717) is 29.9 Å². The highest BCUT2D eigenvalue weighted by molar-refractivity contribution is 7.99. The van der Waals surface area contributed by atoms with Crippen molar-refractivity contribution in [3.63, 3.8) is 0 Å². The molecule has 1 aromatic carbocycles. The maximum absolute atomic E-state index is 12.9. The van der Waals surface area contributed by atoms with Crippen LogP contribution in [-0.4, -0.2) is 44.2 Å². The van der Waals surface area contributed by atoms with Gasteiger partial charge in [0.05, 0.1) is 6.33 Å². The number of nitrogens with zero attached hydrogens (tertiary/aromatic N) is 8. The van der Waals surface area contributed by atoms with Gasteiger partial charge in [0.1, 0.15) is 0 Å². The van der Waals surface area contributed by atoms with E-state index in [9.17, 15) is 9.59 Å². The van der Waals surface area contributed by atoms with Crippen LogP contribution in [0.3, 0.4) is 0 Å². The number of pyridine rings is 1. The molecule has 0 amide bonds. The number of rotatable bonds is 7. The van der Waals surface area contributed by atoms with Gasteiger partial charge in [0.2, 0.25) is 0 Å². The maximum atomic E-state index is 12.9. The molecule has 0 atom stereocenters. The molecule has 4 heterocycles. The molecule has 0 radical (unpaired) electrons. The molecule has 5 rings (SSSR count). The van der Waals surface area contributed by atoms with E-state index in [-0.39, 0.29) is 11.2 Å². The van der Waals surface area contributed by atoms with Gasteiger partial charge in [0.15, 0.2) is 22.1 Å². The van der Waals surface area contributed by atoms with E-state index >= 15 is 0 Å². The highest BCUT2D eigenvalue weighted by atomic mass is 32.2. The fourth-order valence-corrected chi connectivity index (χ4v) is 4.83. The van der Waals surface area contributed by atoms with Gasteiger partial charge in [-0.3, -0.25) is 23.5 Å². The zero-order chi connectivity index (χ0) is 24.5. The van der Waals surface area contributed by atoms with Crippen molar-refractivity contribution in [1.82, 2.24) is 38.4 Å². The Morgan fingerprint density at radius 1 is 0.971 bits per heavy atom. The monoisotopic (exact) mass is 488 g/mol. The Hall–Kier alpha value is -3.99. The van der Waals surface area contributed by atoms with E-state index in [1.54, 1.807) is 37.4 Å². The molecule has 0 aliphatic rings. The van der Waals surface area contributed by atoms with Crippen LogP contribution in [0.4, 0.5) is 0 Å². The summed E-state index contributed by atoms with van der Waals surface area (Å²) in [6, 6.07) is 12.0. The molecule has 0 N–H and O–H groups in total. The average molecular weight is 489 g/mol. The van der Waals surface area contributed by atoms with Gasteiger partial charge >= 0.3 is 5.69 Å². The van der Waals surface area contributed by atoms with E-state index in [1.165, 1.54) is 26.5 Å². The molecule has 0 fully saturated rings. The van der Waals surface area contributed by atoms with Gasteiger partial charge in [-0.05, 0) is 37.6 Å². The fourth-order valence-electron chi connectivity index (χ4n) is 3.96. The lowest BCUT2D eigenvalue weighted by Gasteiger charge is -2.11. The first-order chi connectivity index (χ1) is 17.0. The number of aromatic nitrogens is 8. The Balaban J connectivity index is 1.40. The summed E-state index contributed by atoms with van der Waals surface area (Å²) >= 11 is 1.54. The number of benzene rings is 1. The van der Waals surface area contributed by atoms with Crippen molar-refractivity contribution in [3.8, 4) is 17.1 Å². The number of thioether (sulfide) groups is 1. The zero-order valence-electron chi connectivity index (χ0n) is 19.6. The molecule has 0 aliphatic carbocycles. The molecule has 0 bridgehead atoms. The van der Waals surface area contributed by atoms with Crippen LogP contribution in [0, 0.1) is 6.92 Å². The smallest absolute Gasteiger partial charge is 0.328 e. The molecule has 11 heteroatoms. The van der Waals surface area contributed by atoms with Gasteiger partial charge in [0.25, 0.3) is 5.56 Å². The van der Waals surface area contributed by atoms with Crippen molar-refractivity contribution in [2.24, 2.45) is 14.1 Å². The fraction of sp³-hybridized carbons (Fsp3) is 0.250. The van der Waals surface area contributed by atoms with E-state index in [0.717, 1.165) is 22.2 Å². The molecular weight excluding hydrogens is 464 g/mol. The summed E-state index contributed by atoms with van der Waals surface area (Å²) in [7, 11) is 3.38. The standard InChI is InChI=1S/C24H24N8O2S/c1-16-5-7-18(8-6-16)32-20(17-9-11-25-12-10-17)27-28-23(32)35-14-4-13-31-22(33)19-21(26-15-29(19)2)30(3)24(31)34/h5-12,15H,4,13-14H2,1-3H3. The van der Waals surface area contributed by atoms with E-state index in [2.05, 4.69) is 32.3 Å². The summed E-state index contributed by atoms with van der Waals surface area (Å²) in [5.41, 5.74) is 3.16. The van der Waals surface area contributed by atoms with Gasteiger partial charge in [-0.1, -0.05) is 29.5 Å². The van der Waals surface area contributed by atoms with Crippen molar-refractivity contribution in [2.45, 2.75) is 25.0 Å². The Labute approximate surface area is 204 Å². The van der Waals surface area contributed by atoms with Crippen LogP contribution < -0.4 is 11.2 Å². The van der Waals surface area contributed by atoms with Crippen LogP contribution in [0.15, 0.2) is 69.9 Å². The lowest BCUT2D eigenvalue weighted by atomic mass is 10.2. The summed E-state index contributed by atoms with van der Waals surface area (Å²) in [4.78, 5) is 33.9. The van der Waals surface area contributed by atoms with Gasteiger partial charge in [-0.2, -0.15) is 0 Å². The zero-order valence-corrected chi connectivity index (χ0v) is 20.4. The van der Waals surface area contributed by atoms with Crippen molar-refractivity contribution >= 4 is 22.9 Å². The number of hydrogen-bond acceptors (Lipinski definition) is 7. The second-order valence-electron chi connectivity index (χ2n) is 8.24. The first kappa shape index (κ1) is 22.8. The lowest BCUT2D eigenvalue weighted by Crippen LogP contribution is -2.39. The molecule has 0 saturated carbocycles. The van der Waals surface area contributed by atoms with E-state index in [1.807, 2.05) is 35.8 Å². The Kier molecular flexibility index (Phi) is 6.08. The highest BCUT2D eigenvalue weighted by Crippen LogP contribution is 2.28. The van der Waals surface area contributed by atoms with Gasteiger partial charge in [0, 0.05) is 50.0 Å². The molecular formula is C24H24N8O2S. The molecule has 0 unspecified atom stereocenters. The summed E-state index contributed by atoms with van der Waals surface area (Å²) in [6.07, 6.45) is 5.61. The summed E-state index contributed by atoms with van der Waals surface area (Å²) in [5, 5.41) is 9.63. The van der Waals surface area contributed by atoms with Crippen LogP contribution in [0.25, 0.3) is 28.2 Å². The molecule has 178 valence electrons. The normalized spacial score (nSPS) is 11.4. The van der Waals surface area contributed by atoms with Crippen molar-refractivity contribution < 1.29 is 0 Å². The second-order valence-corrected chi connectivity index (χ2v) is 9.30. The minimum absolute atomic E-state index is 0.301. The molecule has 5 aromatic rings. The molecule has 0 saturated heterocycles. The minimum Gasteiger partial charge on any atom is -0.328 e. The van der Waals surface area contributed by atoms with Gasteiger partial charge < -0.3 is 4.57 Å². The predicted octanol–water partition coefficient (Wildman–Crippen LogP) is 2.57. The topological polar surface area (TPSA) is 105 Å². The van der Waals surface area contributed by atoms with E-state index in [4.69, 9.17) is 0 Å². The number of hydrogen-bond donors (Lipinski definition) is 0. The Morgan fingerprint density at radius 2 is 1.71 bits per heavy atom. The lowest BCUT2D eigenvalue weighted by molar-refractivity contribution is 0.594. The summed E-state index contributed by atoms with van der Waals surface area (Å²) in [6.45, 7) is 2.35. The number of fused-ring (bicyclic) bond motifs is 1. The summed E-state index contributed by atoms with van der Waals surface area (Å²) < 4.78 is 6.36.